The first-order valence-electron chi connectivity index (χ1n) is 5.84. The average molecular weight is 264 g/mol. The first-order chi connectivity index (χ1) is 9.04. The van der Waals surface area contributed by atoms with Crippen LogP contribution in [-0.2, 0) is 4.79 Å². The van der Waals surface area contributed by atoms with Gasteiger partial charge in [-0.2, -0.15) is 0 Å². The molecule has 1 unspecified atom stereocenters. The molecule has 1 aromatic rings. The minimum Gasteiger partial charge on any atom is -0.396 e. The zero-order valence-electron chi connectivity index (χ0n) is 10.6. The van der Waals surface area contributed by atoms with Crippen molar-refractivity contribution < 1.29 is 14.8 Å². The van der Waals surface area contributed by atoms with Gasteiger partial charge in [0.15, 0.2) is 0 Å². The second-order valence-electron chi connectivity index (χ2n) is 4.18. The molecule has 0 heterocycles. The number of nitrogens with one attached hydrogen (secondary N) is 1. The van der Waals surface area contributed by atoms with Crippen LogP contribution < -0.4 is 5.32 Å². The zero-order valence-corrected chi connectivity index (χ0v) is 10.6. The number of aliphatic hydroxyl groups is 1. The van der Waals surface area contributed by atoms with Gasteiger partial charge < -0.3 is 10.4 Å². The number of carbonyl (C=O) groups excluding carboxylic acids is 1. The Morgan fingerprint density at radius 2 is 2.21 bits per heavy atom. The number of carbonyl (C=O) groups is 1. The predicted octanol–water partition coefficient (Wildman–Crippen LogP) is 1.35. The minimum atomic E-state index is -0.495. The number of nitro benzene ring substituents is 1. The number of nitro groups is 1. The number of amides is 1. The van der Waals surface area contributed by atoms with Crippen LogP contribution in [0.5, 0.6) is 0 Å². The maximum atomic E-state index is 11.5. The van der Waals surface area contributed by atoms with Crippen LogP contribution in [0.3, 0.4) is 0 Å². The van der Waals surface area contributed by atoms with E-state index in [1.54, 1.807) is 25.1 Å². The molecule has 1 aromatic carbocycles. The Bertz CT molecular complexity index is 485. The van der Waals surface area contributed by atoms with Gasteiger partial charge in [-0.3, -0.25) is 14.9 Å². The van der Waals surface area contributed by atoms with E-state index in [0.29, 0.717) is 12.1 Å². The fourth-order valence-corrected chi connectivity index (χ4v) is 1.36. The van der Waals surface area contributed by atoms with Gasteiger partial charge in [0.1, 0.15) is 0 Å². The van der Waals surface area contributed by atoms with Crippen LogP contribution in [0.2, 0.25) is 0 Å². The number of para-hydroxylation sites is 1. The number of nitrogens with zero attached hydrogens (tertiary/aromatic N) is 1. The topological polar surface area (TPSA) is 92.5 Å². The van der Waals surface area contributed by atoms with Gasteiger partial charge in [-0.25, -0.2) is 0 Å². The van der Waals surface area contributed by atoms with Crippen LogP contribution in [0.1, 0.15) is 12.5 Å². The van der Waals surface area contributed by atoms with E-state index in [9.17, 15) is 14.9 Å². The van der Waals surface area contributed by atoms with Crippen LogP contribution >= 0.6 is 0 Å². The maximum Gasteiger partial charge on any atom is 0.276 e. The highest BCUT2D eigenvalue weighted by Gasteiger charge is 2.09. The van der Waals surface area contributed by atoms with E-state index in [1.165, 1.54) is 18.2 Å². The summed E-state index contributed by atoms with van der Waals surface area (Å²) in [5.41, 5.74) is 0.327. The van der Waals surface area contributed by atoms with Crippen LogP contribution in [0.25, 0.3) is 6.08 Å². The number of hydrogen-bond donors (Lipinski definition) is 2. The van der Waals surface area contributed by atoms with Gasteiger partial charge in [0.05, 0.1) is 10.5 Å². The number of hydrogen-bond acceptors (Lipinski definition) is 4. The molecule has 0 fully saturated rings. The quantitative estimate of drug-likeness (QED) is 0.461. The van der Waals surface area contributed by atoms with Crippen molar-refractivity contribution in [3.8, 4) is 0 Å². The third kappa shape index (κ3) is 4.89. The molecular weight excluding hydrogens is 248 g/mol. The monoisotopic (exact) mass is 264 g/mol. The molecule has 0 aromatic heterocycles. The molecule has 0 bridgehead atoms. The summed E-state index contributed by atoms with van der Waals surface area (Å²) in [5, 5.41) is 22.2. The highest BCUT2D eigenvalue weighted by Crippen LogP contribution is 2.18. The Balaban J connectivity index is 2.66. The second-order valence-corrected chi connectivity index (χ2v) is 4.18. The average Bonchev–Trinajstić information content (AvgIpc) is 2.42. The molecule has 0 aliphatic heterocycles. The van der Waals surface area contributed by atoms with Gasteiger partial charge >= 0.3 is 0 Å². The summed E-state index contributed by atoms with van der Waals surface area (Å²) in [5.74, 6) is -0.373. The fourth-order valence-electron chi connectivity index (χ4n) is 1.36. The van der Waals surface area contributed by atoms with Crippen LogP contribution in [0.4, 0.5) is 5.69 Å². The predicted molar refractivity (Wildman–Crippen MR) is 71.4 cm³/mol. The smallest absolute Gasteiger partial charge is 0.276 e. The molecule has 6 heteroatoms. The minimum absolute atomic E-state index is 0.00580. The highest BCUT2D eigenvalue weighted by atomic mass is 16.6. The van der Waals surface area contributed by atoms with Crippen LogP contribution in [-0.4, -0.2) is 29.1 Å². The van der Waals surface area contributed by atoms with Crippen molar-refractivity contribution in [2.45, 2.75) is 6.92 Å². The Morgan fingerprint density at radius 3 is 2.84 bits per heavy atom. The standard InChI is InChI=1S/C13H16N2O4/c1-10(9-16)8-14-13(17)7-6-11-4-2-3-5-12(11)15(18)19/h2-7,10,16H,8-9H2,1H3,(H,14,17)/b7-6+. The number of rotatable bonds is 6. The molecule has 1 amide bonds. The van der Waals surface area contributed by atoms with Crippen molar-refractivity contribution in [2.75, 3.05) is 13.2 Å². The largest absolute Gasteiger partial charge is 0.396 e. The van der Waals surface area contributed by atoms with Gasteiger partial charge in [-0.15, -0.1) is 0 Å². The molecule has 2 N–H and O–H groups in total. The van der Waals surface area contributed by atoms with Crippen molar-refractivity contribution in [1.82, 2.24) is 5.32 Å². The lowest BCUT2D eigenvalue weighted by Crippen LogP contribution is -2.27. The van der Waals surface area contributed by atoms with E-state index in [0.717, 1.165) is 0 Å². The lowest BCUT2D eigenvalue weighted by molar-refractivity contribution is -0.385. The van der Waals surface area contributed by atoms with E-state index in [-0.39, 0.29) is 24.1 Å². The van der Waals surface area contributed by atoms with Crippen molar-refractivity contribution in [1.29, 1.82) is 0 Å². The van der Waals surface area contributed by atoms with Crippen molar-refractivity contribution >= 4 is 17.7 Å². The molecule has 0 radical (unpaired) electrons. The van der Waals surface area contributed by atoms with E-state index >= 15 is 0 Å². The normalized spacial score (nSPS) is 12.3. The third-order valence-corrected chi connectivity index (χ3v) is 2.48. The summed E-state index contributed by atoms with van der Waals surface area (Å²) in [7, 11) is 0. The molecule has 0 saturated heterocycles. The van der Waals surface area contributed by atoms with Crippen molar-refractivity contribution in [2.24, 2.45) is 5.92 Å². The summed E-state index contributed by atoms with van der Waals surface area (Å²) in [6.45, 7) is 2.15. The highest BCUT2D eigenvalue weighted by molar-refractivity contribution is 5.92. The molecular formula is C13H16N2O4. The maximum absolute atomic E-state index is 11.5. The van der Waals surface area contributed by atoms with Gasteiger partial charge in [-0.05, 0) is 18.1 Å². The summed E-state index contributed by atoms with van der Waals surface area (Å²) >= 11 is 0. The zero-order chi connectivity index (χ0) is 14.3. The van der Waals surface area contributed by atoms with Gasteiger partial charge in [0, 0.05) is 25.3 Å². The third-order valence-electron chi connectivity index (χ3n) is 2.48. The van der Waals surface area contributed by atoms with E-state index < -0.39 is 4.92 Å². The molecule has 19 heavy (non-hydrogen) atoms. The lowest BCUT2D eigenvalue weighted by Gasteiger charge is -2.07. The first kappa shape index (κ1) is 14.8. The van der Waals surface area contributed by atoms with Crippen LogP contribution in [0, 0.1) is 16.0 Å². The first-order valence-corrected chi connectivity index (χ1v) is 5.84. The van der Waals surface area contributed by atoms with Crippen molar-refractivity contribution in [3.63, 3.8) is 0 Å². The summed E-state index contributed by atoms with van der Waals surface area (Å²) in [4.78, 5) is 21.7. The van der Waals surface area contributed by atoms with Gasteiger partial charge in [-0.1, -0.05) is 19.1 Å². The molecule has 1 atom stereocenters. The van der Waals surface area contributed by atoms with Gasteiger partial charge in [0.25, 0.3) is 5.69 Å². The second kappa shape index (κ2) is 7.27. The molecule has 0 spiro atoms. The molecule has 6 nitrogen and oxygen atoms in total. The molecule has 0 saturated carbocycles. The molecule has 102 valence electrons. The Kier molecular flexibility index (Phi) is 5.69. The Labute approximate surface area is 110 Å². The number of benzene rings is 1. The summed E-state index contributed by atoms with van der Waals surface area (Å²) < 4.78 is 0. The molecule has 0 aliphatic carbocycles. The van der Waals surface area contributed by atoms with Crippen molar-refractivity contribution in [3.05, 3.63) is 46.0 Å². The lowest BCUT2D eigenvalue weighted by atomic mass is 10.1. The summed E-state index contributed by atoms with van der Waals surface area (Å²) in [6, 6.07) is 6.18. The molecule has 0 aliphatic rings. The fraction of sp³-hybridized carbons (Fsp3) is 0.308. The summed E-state index contributed by atoms with van der Waals surface area (Å²) in [6.07, 6.45) is 2.64. The Hall–Kier alpha value is -2.21. The van der Waals surface area contributed by atoms with Crippen LogP contribution in [0.15, 0.2) is 30.3 Å². The SMILES string of the molecule is CC(CO)CNC(=O)/C=C/c1ccccc1[N+](=O)[O-]. The number of aliphatic hydroxyl groups excluding tert-OH is 1. The Morgan fingerprint density at radius 1 is 1.53 bits per heavy atom. The van der Waals surface area contributed by atoms with E-state index in [1.807, 2.05) is 0 Å². The van der Waals surface area contributed by atoms with Gasteiger partial charge in [0.2, 0.25) is 5.91 Å². The van der Waals surface area contributed by atoms with E-state index in [4.69, 9.17) is 5.11 Å². The molecule has 1 rings (SSSR count). The van der Waals surface area contributed by atoms with E-state index in [2.05, 4.69) is 5.32 Å².